The maximum absolute atomic E-state index is 11.0. The molecule has 3 aliphatic rings. The maximum Gasteiger partial charge on any atom is 0.119 e. The summed E-state index contributed by atoms with van der Waals surface area (Å²) in [4.78, 5) is 0. The van der Waals surface area contributed by atoms with Crippen molar-refractivity contribution in [3.63, 3.8) is 0 Å². The monoisotopic (exact) mass is 858 g/mol. The molecule has 2 fully saturated rings. The fourth-order valence-electron chi connectivity index (χ4n) is 9.20. The summed E-state index contributed by atoms with van der Waals surface area (Å²) < 4.78 is 34.9. The van der Waals surface area contributed by atoms with Gasteiger partial charge in [0.1, 0.15) is 43.0 Å². The van der Waals surface area contributed by atoms with Gasteiger partial charge in [-0.15, -0.1) is 0 Å². The second-order valence-electron chi connectivity index (χ2n) is 18.3. The van der Waals surface area contributed by atoms with Crippen molar-refractivity contribution in [2.45, 2.75) is 94.7 Å². The highest BCUT2D eigenvalue weighted by molar-refractivity contribution is 5.57. The first-order valence-electron chi connectivity index (χ1n) is 23.2. The Morgan fingerprint density at radius 2 is 1.27 bits per heavy atom. The van der Waals surface area contributed by atoms with Gasteiger partial charge in [0.25, 0.3) is 0 Å². The largest absolute Gasteiger partial charge is 0.491 e. The van der Waals surface area contributed by atoms with Gasteiger partial charge in [-0.3, -0.25) is 0 Å². The minimum atomic E-state index is -0.782. The third-order valence-corrected chi connectivity index (χ3v) is 13.3. The molecule has 0 radical (unpaired) electrons. The quantitative estimate of drug-likeness (QED) is 0.0681. The predicted octanol–water partition coefficient (Wildman–Crippen LogP) is 10.7. The van der Waals surface area contributed by atoms with Crippen molar-refractivity contribution in [1.29, 1.82) is 0 Å². The van der Waals surface area contributed by atoms with E-state index in [2.05, 4.69) is 154 Å². The molecule has 332 valence electrons. The summed E-state index contributed by atoms with van der Waals surface area (Å²) in [5, 5.41) is 11.0. The van der Waals surface area contributed by atoms with E-state index in [4.69, 9.17) is 28.4 Å². The number of hydrogen-bond acceptors (Lipinski definition) is 7. The first kappa shape index (κ1) is 43.9. The second-order valence-corrected chi connectivity index (χ2v) is 18.3. The van der Waals surface area contributed by atoms with E-state index >= 15 is 0 Å². The molecule has 7 nitrogen and oxygen atoms in total. The Bertz CT molecular complexity index is 2420. The van der Waals surface area contributed by atoms with Crippen molar-refractivity contribution in [3.8, 4) is 11.5 Å². The standard InChI is InChI=1S/C57H62O7/c1-40(59-36-53-38-62-53)43-19-15-41(16-20-43)9-8-13-44-10-4-5-12-46(44)33-42-17-27-51(28-18-42)60-34-50(58)35-64-56(2,3)47-21-23-48(24-22-47)57(32-31-45-11-6-7-14-55(45)57)49-25-29-52(30-26-49)61-37-54-39-63-54/h4-7,10-12,14-30,40,50,53-54,58H,8-9,13,31-39H2,1-3H3. The van der Waals surface area contributed by atoms with Crippen molar-refractivity contribution in [3.05, 3.63) is 201 Å². The Morgan fingerprint density at radius 1 is 0.656 bits per heavy atom. The van der Waals surface area contributed by atoms with Crippen molar-refractivity contribution >= 4 is 0 Å². The average Bonchev–Trinajstić information content (AvgIpc) is 4.29. The summed E-state index contributed by atoms with van der Waals surface area (Å²) in [6.07, 6.45) is 5.83. The van der Waals surface area contributed by atoms with Crippen LogP contribution in [0.4, 0.5) is 0 Å². The Balaban J connectivity index is 0.749. The first-order chi connectivity index (χ1) is 31.2. The fraction of sp³-hybridized carbons (Fsp3) is 0.368. The minimum Gasteiger partial charge on any atom is -0.491 e. The number of benzene rings is 6. The highest BCUT2D eigenvalue weighted by Gasteiger charge is 2.42. The summed E-state index contributed by atoms with van der Waals surface area (Å²) in [7, 11) is 0. The molecule has 2 aliphatic heterocycles. The fourth-order valence-corrected chi connectivity index (χ4v) is 9.20. The lowest BCUT2D eigenvalue weighted by Crippen LogP contribution is -2.31. The molecule has 0 amide bonds. The summed E-state index contributed by atoms with van der Waals surface area (Å²) in [5.41, 5.74) is 12.0. The number of aryl methyl sites for hydroxylation is 3. The van der Waals surface area contributed by atoms with E-state index in [1.54, 1.807) is 0 Å². The van der Waals surface area contributed by atoms with Crippen molar-refractivity contribution < 1.29 is 33.5 Å². The number of aliphatic hydroxyl groups excluding tert-OH is 1. The smallest absolute Gasteiger partial charge is 0.119 e. The highest BCUT2D eigenvalue weighted by atomic mass is 16.6. The number of hydrogen-bond donors (Lipinski definition) is 1. The zero-order chi connectivity index (χ0) is 43.9. The summed E-state index contributed by atoms with van der Waals surface area (Å²) in [5.74, 6) is 1.60. The van der Waals surface area contributed by atoms with Crippen molar-refractivity contribution in [2.75, 3.05) is 39.6 Å². The number of fused-ring (bicyclic) bond motifs is 1. The third kappa shape index (κ3) is 10.8. The van der Waals surface area contributed by atoms with Crippen LogP contribution in [0.5, 0.6) is 11.5 Å². The molecule has 64 heavy (non-hydrogen) atoms. The second kappa shape index (κ2) is 19.9. The lowest BCUT2D eigenvalue weighted by Gasteiger charge is -2.33. The number of aliphatic hydroxyl groups is 1. The van der Waals surface area contributed by atoms with Gasteiger partial charge < -0.3 is 33.5 Å². The molecule has 9 rings (SSSR count). The predicted molar refractivity (Wildman–Crippen MR) is 252 cm³/mol. The van der Waals surface area contributed by atoms with Gasteiger partial charge in [0, 0.05) is 5.41 Å². The van der Waals surface area contributed by atoms with E-state index in [0.717, 1.165) is 68.8 Å². The zero-order valence-electron chi connectivity index (χ0n) is 37.5. The van der Waals surface area contributed by atoms with Gasteiger partial charge in [-0.25, -0.2) is 0 Å². The minimum absolute atomic E-state index is 0.0753. The third-order valence-electron chi connectivity index (χ3n) is 13.3. The molecule has 2 saturated heterocycles. The van der Waals surface area contributed by atoms with Crippen LogP contribution in [0.2, 0.25) is 0 Å². The van der Waals surface area contributed by atoms with Gasteiger partial charge in [0.15, 0.2) is 0 Å². The van der Waals surface area contributed by atoms with Gasteiger partial charge in [-0.1, -0.05) is 121 Å². The molecule has 7 heteroatoms. The first-order valence-corrected chi connectivity index (χ1v) is 23.2. The van der Waals surface area contributed by atoms with Crippen LogP contribution >= 0.6 is 0 Å². The SMILES string of the molecule is CC(OCC1CO1)c1ccc(CCCc2ccccc2Cc2ccc(OCC(O)COC(C)(C)c3ccc(C4(c5ccc(OCC6CO6)cc5)CCc5ccccc54)cc3)cc2)cc1. The van der Waals surface area contributed by atoms with E-state index in [9.17, 15) is 5.11 Å². The average molecular weight is 859 g/mol. The van der Waals surface area contributed by atoms with Gasteiger partial charge in [-0.05, 0) is 139 Å². The van der Waals surface area contributed by atoms with Gasteiger partial charge in [-0.2, -0.15) is 0 Å². The molecule has 6 aromatic rings. The molecule has 6 aromatic carbocycles. The van der Waals surface area contributed by atoms with Crippen LogP contribution in [-0.2, 0) is 55.6 Å². The van der Waals surface area contributed by atoms with Crippen molar-refractivity contribution in [1.82, 2.24) is 0 Å². The molecule has 5 atom stereocenters. The van der Waals surface area contributed by atoms with Crippen LogP contribution in [-0.4, -0.2) is 63.1 Å². The Labute approximate surface area is 379 Å². The van der Waals surface area contributed by atoms with E-state index in [-0.39, 0.29) is 36.9 Å². The maximum atomic E-state index is 11.0. The molecular formula is C57H62O7. The summed E-state index contributed by atoms with van der Waals surface area (Å²) in [6, 6.07) is 52.2. The van der Waals surface area contributed by atoms with Crippen LogP contribution in [0.3, 0.4) is 0 Å². The zero-order valence-corrected chi connectivity index (χ0v) is 37.5. The van der Waals surface area contributed by atoms with E-state index in [1.165, 1.54) is 50.1 Å². The lowest BCUT2D eigenvalue weighted by atomic mass is 9.70. The molecule has 0 spiro atoms. The number of ether oxygens (including phenoxy) is 6. The summed E-state index contributed by atoms with van der Waals surface area (Å²) in [6.45, 7) is 9.37. The van der Waals surface area contributed by atoms with Gasteiger partial charge >= 0.3 is 0 Å². The van der Waals surface area contributed by atoms with Gasteiger partial charge in [0.2, 0.25) is 0 Å². The molecular weight excluding hydrogens is 797 g/mol. The van der Waals surface area contributed by atoms with E-state index < -0.39 is 11.7 Å². The van der Waals surface area contributed by atoms with E-state index in [0.29, 0.717) is 13.2 Å². The number of epoxide rings is 2. The highest BCUT2D eigenvalue weighted by Crippen LogP contribution is 2.49. The Hall–Kier alpha value is -5.28. The Kier molecular flexibility index (Phi) is 13.6. The number of rotatable bonds is 22. The van der Waals surface area contributed by atoms with Crippen LogP contribution in [0.1, 0.15) is 95.4 Å². The topological polar surface area (TPSA) is 82.2 Å². The van der Waals surface area contributed by atoms with Crippen molar-refractivity contribution in [2.24, 2.45) is 0 Å². The lowest BCUT2D eigenvalue weighted by molar-refractivity contribution is -0.0717. The molecule has 1 aliphatic carbocycles. The van der Waals surface area contributed by atoms with Crippen LogP contribution < -0.4 is 9.47 Å². The van der Waals surface area contributed by atoms with Crippen LogP contribution in [0.25, 0.3) is 0 Å². The molecule has 0 bridgehead atoms. The molecule has 0 aromatic heterocycles. The molecule has 1 N–H and O–H groups in total. The van der Waals surface area contributed by atoms with Gasteiger partial charge in [0.05, 0.1) is 38.1 Å². The Morgan fingerprint density at radius 3 is 1.98 bits per heavy atom. The van der Waals surface area contributed by atoms with Crippen LogP contribution in [0, 0.1) is 0 Å². The van der Waals surface area contributed by atoms with E-state index in [1.807, 2.05) is 12.1 Å². The molecule has 0 saturated carbocycles. The van der Waals surface area contributed by atoms with Crippen LogP contribution in [0.15, 0.2) is 146 Å². The normalized spacial score (nSPS) is 19.8. The molecule has 2 heterocycles. The summed E-state index contributed by atoms with van der Waals surface area (Å²) >= 11 is 0. The molecule has 5 unspecified atom stereocenters.